The Balaban J connectivity index is 3.43. The summed E-state index contributed by atoms with van der Waals surface area (Å²) in [4.78, 5) is 10.0. The number of hydrogen-bond acceptors (Lipinski definition) is 6. The van der Waals surface area contributed by atoms with Crippen LogP contribution in [0.4, 0.5) is 0 Å². The van der Waals surface area contributed by atoms with Crippen LogP contribution in [0.15, 0.2) is 0 Å². The Kier molecular flexibility index (Phi) is 26.0. The third-order valence-corrected chi connectivity index (χ3v) is 5.83. The third-order valence-electron chi connectivity index (χ3n) is 5.83. The van der Waals surface area contributed by atoms with Crippen molar-refractivity contribution in [3.63, 3.8) is 0 Å². The molecule has 2 N–H and O–H groups in total. The topological polar surface area (TPSA) is 68.8 Å². The fraction of sp³-hybridized carbons (Fsp3) is 0.962. The summed E-state index contributed by atoms with van der Waals surface area (Å²) >= 11 is 0. The predicted molar refractivity (Wildman–Crippen MR) is 134 cm³/mol. The minimum Gasteiger partial charge on any atom is -0.468 e. The predicted octanol–water partition coefficient (Wildman–Crippen LogP) is 5.94. The minimum absolute atomic E-state index is 0.176. The maximum absolute atomic E-state index is 10.0. The monoisotopic (exact) mass is 458 g/mol. The summed E-state index contributed by atoms with van der Waals surface area (Å²) in [6.45, 7) is 10.8. The first-order valence-electron chi connectivity index (χ1n) is 13.4. The van der Waals surface area contributed by atoms with Crippen LogP contribution >= 0.6 is 0 Å². The maximum atomic E-state index is 10.0. The highest BCUT2D eigenvalue weighted by molar-refractivity contribution is 5.36. The largest absolute Gasteiger partial charge is 0.468 e. The van der Waals surface area contributed by atoms with Crippen LogP contribution < -0.4 is 10.6 Å². The summed E-state index contributed by atoms with van der Waals surface area (Å²) in [6, 6.07) is 0. The standard InChI is InChI=1S/C26H54N2O4/c1-4-6-7-8-9-10-11-12-13-15-18-28-23-32-26(5-2)21-25(3)31-22-27-19-16-14-17-20-30-24-29/h24-28H,4-23H2,1-3H3. The normalized spacial score (nSPS) is 13.2. The first-order valence-corrected chi connectivity index (χ1v) is 13.4. The molecule has 0 aliphatic heterocycles. The first kappa shape index (κ1) is 31.3. The Morgan fingerprint density at radius 3 is 1.81 bits per heavy atom. The van der Waals surface area contributed by atoms with E-state index in [0.29, 0.717) is 26.5 Å². The highest BCUT2D eigenvalue weighted by Gasteiger charge is 2.12. The number of unbranched alkanes of at least 4 members (excludes halogenated alkanes) is 11. The zero-order valence-corrected chi connectivity index (χ0v) is 21.5. The van der Waals surface area contributed by atoms with Gasteiger partial charge in [0.1, 0.15) is 0 Å². The van der Waals surface area contributed by atoms with E-state index in [1.165, 1.54) is 64.2 Å². The second kappa shape index (κ2) is 26.6. The SMILES string of the molecule is CCCCCCCCCCCCNCOC(CC)CC(C)OCNCCCCCOC=O. The Labute approximate surface area is 198 Å². The van der Waals surface area contributed by atoms with E-state index in [-0.39, 0.29) is 12.2 Å². The Bertz CT molecular complexity index is 372. The molecule has 0 heterocycles. The molecule has 0 aromatic carbocycles. The fourth-order valence-corrected chi connectivity index (χ4v) is 3.71. The van der Waals surface area contributed by atoms with E-state index in [1.54, 1.807) is 0 Å². The van der Waals surface area contributed by atoms with Crippen molar-refractivity contribution in [2.75, 3.05) is 33.2 Å². The van der Waals surface area contributed by atoms with Gasteiger partial charge < -0.3 is 14.2 Å². The van der Waals surface area contributed by atoms with E-state index < -0.39 is 0 Å². The minimum atomic E-state index is 0.176. The molecule has 0 spiro atoms. The molecular formula is C26H54N2O4. The summed E-state index contributed by atoms with van der Waals surface area (Å²) in [5.74, 6) is 0. The molecule has 32 heavy (non-hydrogen) atoms. The molecule has 0 fully saturated rings. The van der Waals surface area contributed by atoms with Gasteiger partial charge >= 0.3 is 0 Å². The molecule has 0 aromatic rings. The van der Waals surface area contributed by atoms with E-state index >= 15 is 0 Å². The summed E-state index contributed by atoms with van der Waals surface area (Å²) < 4.78 is 16.5. The molecule has 0 bridgehead atoms. The van der Waals surface area contributed by atoms with E-state index in [0.717, 1.165) is 45.2 Å². The highest BCUT2D eigenvalue weighted by atomic mass is 16.5. The average Bonchev–Trinajstić information content (AvgIpc) is 2.80. The number of hydrogen-bond donors (Lipinski definition) is 2. The zero-order valence-electron chi connectivity index (χ0n) is 21.5. The molecule has 0 aliphatic rings. The van der Waals surface area contributed by atoms with Crippen LogP contribution in [-0.2, 0) is 19.0 Å². The van der Waals surface area contributed by atoms with E-state index in [1.807, 2.05) is 0 Å². The first-order chi connectivity index (χ1) is 15.7. The fourth-order valence-electron chi connectivity index (χ4n) is 3.71. The molecule has 0 radical (unpaired) electrons. The summed E-state index contributed by atoms with van der Waals surface area (Å²) in [5.41, 5.74) is 0. The summed E-state index contributed by atoms with van der Waals surface area (Å²) in [5, 5.41) is 6.74. The lowest BCUT2D eigenvalue weighted by atomic mass is 10.1. The lowest BCUT2D eigenvalue weighted by Gasteiger charge is -2.21. The molecule has 2 atom stereocenters. The van der Waals surface area contributed by atoms with Crippen LogP contribution in [0.1, 0.15) is 117 Å². The molecule has 0 saturated carbocycles. The van der Waals surface area contributed by atoms with Gasteiger partial charge in [-0.25, -0.2) is 0 Å². The van der Waals surface area contributed by atoms with Crippen LogP contribution in [-0.4, -0.2) is 51.8 Å². The van der Waals surface area contributed by atoms with Crippen molar-refractivity contribution >= 4 is 6.47 Å². The van der Waals surface area contributed by atoms with Crippen molar-refractivity contribution in [3.05, 3.63) is 0 Å². The Morgan fingerprint density at radius 1 is 0.719 bits per heavy atom. The van der Waals surface area contributed by atoms with Gasteiger partial charge in [-0.15, -0.1) is 0 Å². The lowest BCUT2D eigenvalue weighted by Crippen LogP contribution is -2.29. The zero-order chi connectivity index (χ0) is 23.5. The molecule has 6 heteroatoms. The van der Waals surface area contributed by atoms with Gasteiger partial charge in [0, 0.05) is 0 Å². The molecule has 0 aliphatic carbocycles. The maximum Gasteiger partial charge on any atom is 0.293 e. The highest BCUT2D eigenvalue weighted by Crippen LogP contribution is 2.11. The van der Waals surface area contributed by atoms with Crippen molar-refractivity contribution in [1.82, 2.24) is 10.6 Å². The van der Waals surface area contributed by atoms with Gasteiger partial charge in [-0.3, -0.25) is 15.4 Å². The number of rotatable bonds is 27. The van der Waals surface area contributed by atoms with E-state index in [4.69, 9.17) is 9.47 Å². The molecule has 2 unspecified atom stereocenters. The van der Waals surface area contributed by atoms with Gasteiger partial charge in [-0.2, -0.15) is 0 Å². The molecule has 6 nitrogen and oxygen atoms in total. The van der Waals surface area contributed by atoms with Crippen LogP contribution in [0.25, 0.3) is 0 Å². The molecule has 192 valence electrons. The van der Waals surface area contributed by atoms with Gasteiger partial charge in [0.2, 0.25) is 0 Å². The third kappa shape index (κ3) is 24.0. The van der Waals surface area contributed by atoms with Crippen molar-refractivity contribution < 1.29 is 19.0 Å². The Hall–Kier alpha value is -0.690. The van der Waals surface area contributed by atoms with E-state index in [9.17, 15) is 4.79 Å². The lowest BCUT2D eigenvalue weighted by molar-refractivity contribution is -0.128. The molecular weight excluding hydrogens is 404 g/mol. The molecule has 0 amide bonds. The van der Waals surface area contributed by atoms with Gasteiger partial charge in [0.05, 0.1) is 32.3 Å². The van der Waals surface area contributed by atoms with Crippen molar-refractivity contribution in [1.29, 1.82) is 0 Å². The molecule has 0 rings (SSSR count). The van der Waals surface area contributed by atoms with Crippen molar-refractivity contribution in [3.8, 4) is 0 Å². The quantitative estimate of drug-likeness (QED) is 0.0902. The second-order valence-electron chi connectivity index (χ2n) is 8.91. The van der Waals surface area contributed by atoms with Crippen LogP contribution in [0.3, 0.4) is 0 Å². The van der Waals surface area contributed by atoms with Crippen molar-refractivity contribution in [2.45, 2.75) is 129 Å². The smallest absolute Gasteiger partial charge is 0.293 e. The molecule has 0 aromatic heterocycles. The average molecular weight is 459 g/mol. The van der Waals surface area contributed by atoms with Crippen LogP contribution in [0.2, 0.25) is 0 Å². The number of nitrogens with one attached hydrogen (secondary N) is 2. The van der Waals surface area contributed by atoms with Crippen LogP contribution in [0, 0.1) is 0 Å². The number of carbonyl (C=O) groups is 1. The molecule has 0 saturated heterocycles. The number of ether oxygens (including phenoxy) is 3. The summed E-state index contributed by atoms with van der Waals surface area (Å²) in [7, 11) is 0. The van der Waals surface area contributed by atoms with Crippen LogP contribution in [0.5, 0.6) is 0 Å². The second-order valence-corrected chi connectivity index (χ2v) is 8.91. The van der Waals surface area contributed by atoms with E-state index in [2.05, 4.69) is 36.1 Å². The van der Waals surface area contributed by atoms with Gasteiger partial charge in [0.25, 0.3) is 6.47 Å². The van der Waals surface area contributed by atoms with Gasteiger partial charge in [-0.1, -0.05) is 71.6 Å². The Morgan fingerprint density at radius 2 is 1.25 bits per heavy atom. The van der Waals surface area contributed by atoms with Gasteiger partial charge in [-0.05, 0) is 58.5 Å². The summed E-state index contributed by atoms with van der Waals surface area (Å²) in [6.07, 6.45) is 19.1. The van der Waals surface area contributed by atoms with Gasteiger partial charge in [0.15, 0.2) is 0 Å². The van der Waals surface area contributed by atoms with Crippen molar-refractivity contribution in [2.24, 2.45) is 0 Å². The number of carbonyl (C=O) groups excluding carboxylic acids is 1.